The summed E-state index contributed by atoms with van der Waals surface area (Å²) in [6, 6.07) is 17.0. The third-order valence-corrected chi connectivity index (χ3v) is 10.7. The molecule has 0 heterocycles. The van der Waals surface area contributed by atoms with Gasteiger partial charge in [0.2, 0.25) is 0 Å². The van der Waals surface area contributed by atoms with Crippen molar-refractivity contribution in [1.29, 1.82) is 0 Å². The van der Waals surface area contributed by atoms with Crippen molar-refractivity contribution in [2.45, 2.75) is 45.4 Å². The summed E-state index contributed by atoms with van der Waals surface area (Å²) in [5.74, 6) is 0.0364. The van der Waals surface area contributed by atoms with Crippen LogP contribution in [-0.2, 0) is 37.8 Å². The maximum absolute atomic E-state index is 12.9. The van der Waals surface area contributed by atoms with Gasteiger partial charge in [-0.1, -0.05) is 74.5 Å². The van der Waals surface area contributed by atoms with Crippen LogP contribution in [0.5, 0.6) is 0 Å². The molecular formula is C25H37N2O7S2+. The molecule has 200 valence electrons. The number of alkyl carbamates (subject to hydrolysis) is 1. The number of hydrogen-bond acceptors (Lipinski definition) is 7. The first-order valence-corrected chi connectivity index (χ1v) is 15.4. The molecule has 0 aliphatic heterocycles. The van der Waals surface area contributed by atoms with Crippen LogP contribution in [0.25, 0.3) is 0 Å². The second-order valence-electron chi connectivity index (χ2n) is 9.44. The minimum absolute atomic E-state index is 0.00188. The first-order chi connectivity index (χ1) is 16.7. The van der Waals surface area contributed by atoms with E-state index < -0.39 is 48.1 Å². The van der Waals surface area contributed by atoms with E-state index in [0.717, 1.165) is 23.6 Å². The molecule has 36 heavy (non-hydrogen) atoms. The van der Waals surface area contributed by atoms with Gasteiger partial charge < -0.3 is 15.2 Å². The quantitative estimate of drug-likeness (QED) is 0.373. The summed E-state index contributed by atoms with van der Waals surface area (Å²) in [7, 11) is -8.42. The summed E-state index contributed by atoms with van der Waals surface area (Å²) < 4.78 is 55.5. The van der Waals surface area contributed by atoms with Gasteiger partial charge in [0.25, 0.3) is 0 Å². The number of benzene rings is 2. The molecular weight excluding hydrogens is 504 g/mol. The molecule has 0 radical (unpaired) electrons. The molecule has 0 fully saturated rings. The van der Waals surface area contributed by atoms with Crippen LogP contribution >= 0.6 is 0 Å². The maximum Gasteiger partial charge on any atom is 0.407 e. The molecule has 0 saturated carbocycles. The Bertz CT molecular complexity index is 1150. The van der Waals surface area contributed by atoms with Crippen molar-refractivity contribution in [3.63, 3.8) is 0 Å². The van der Waals surface area contributed by atoms with Crippen LogP contribution in [0, 0.1) is 5.92 Å². The van der Waals surface area contributed by atoms with Crippen molar-refractivity contribution in [2.75, 3.05) is 25.6 Å². The number of hydrogen-bond donors (Lipinski definition) is 2. The lowest BCUT2D eigenvalue weighted by molar-refractivity contribution is -0.679. The van der Waals surface area contributed by atoms with Gasteiger partial charge in [-0.05, 0) is 23.5 Å². The van der Waals surface area contributed by atoms with Crippen molar-refractivity contribution in [3.8, 4) is 0 Å². The molecule has 11 heteroatoms. The van der Waals surface area contributed by atoms with Crippen LogP contribution in [0.2, 0.25) is 0 Å². The van der Waals surface area contributed by atoms with E-state index in [4.69, 9.17) is 4.74 Å². The highest BCUT2D eigenvalue weighted by molar-refractivity contribution is 7.97. The SMILES string of the molecule is CC(C)CC[N+](C[C@H](O)C(Cc1ccccc1)NC(=O)OCc1ccccc1)(S(C)(=O)=O)S(C)(=O)=O. The third-order valence-electron chi connectivity index (χ3n) is 6.00. The average Bonchev–Trinajstić information content (AvgIpc) is 2.79. The molecule has 0 saturated heterocycles. The largest absolute Gasteiger partial charge is 0.445 e. The fourth-order valence-electron chi connectivity index (χ4n) is 3.87. The van der Waals surface area contributed by atoms with Crippen LogP contribution in [0.15, 0.2) is 60.7 Å². The minimum atomic E-state index is -4.21. The van der Waals surface area contributed by atoms with Crippen molar-refractivity contribution in [1.82, 2.24) is 5.32 Å². The number of aliphatic hydroxyl groups excluding tert-OH is 1. The van der Waals surface area contributed by atoms with Crippen molar-refractivity contribution >= 4 is 26.1 Å². The Morgan fingerprint density at radius 2 is 1.42 bits per heavy atom. The van der Waals surface area contributed by atoms with Crippen LogP contribution in [0.1, 0.15) is 31.4 Å². The Balaban J connectivity index is 2.33. The summed E-state index contributed by atoms with van der Waals surface area (Å²) in [4.78, 5) is 12.6. The number of rotatable bonds is 13. The van der Waals surface area contributed by atoms with E-state index >= 15 is 0 Å². The second-order valence-corrected chi connectivity index (χ2v) is 14.0. The number of ether oxygens (including phenoxy) is 1. The summed E-state index contributed by atoms with van der Waals surface area (Å²) in [5.41, 5.74) is 1.54. The Hall–Kier alpha value is -2.47. The van der Waals surface area contributed by atoms with E-state index in [2.05, 4.69) is 5.32 Å². The molecule has 0 aromatic heterocycles. The molecule has 1 amide bonds. The Labute approximate surface area is 214 Å². The number of carbonyl (C=O) groups is 1. The zero-order chi connectivity index (χ0) is 27.0. The first-order valence-electron chi connectivity index (χ1n) is 11.7. The molecule has 0 aliphatic carbocycles. The molecule has 0 bridgehead atoms. The monoisotopic (exact) mass is 541 g/mol. The van der Waals surface area contributed by atoms with E-state index in [9.17, 15) is 26.7 Å². The van der Waals surface area contributed by atoms with E-state index in [-0.39, 0.29) is 25.5 Å². The van der Waals surface area contributed by atoms with Crippen LogP contribution in [0.3, 0.4) is 0 Å². The third kappa shape index (κ3) is 8.29. The lowest BCUT2D eigenvalue weighted by Gasteiger charge is -2.36. The van der Waals surface area contributed by atoms with Gasteiger partial charge in [0.05, 0.1) is 18.6 Å². The minimum Gasteiger partial charge on any atom is -0.445 e. The highest BCUT2D eigenvalue weighted by atomic mass is 32.3. The molecule has 0 aliphatic rings. The van der Waals surface area contributed by atoms with Gasteiger partial charge in [-0.25, -0.2) is 4.79 Å². The molecule has 1 unspecified atom stereocenters. The lowest BCUT2D eigenvalue weighted by atomic mass is 10.0. The Kier molecular flexibility index (Phi) is 10.5. The van der Waals surface area contributed by atoms with Crippen LogP contribution in [-0.4, -0.2) is 69.1 Å². The molecule has 2 rings (SSSR count). The van der Waals surface area contributed by atoms with E-state index in [1.54, 1.807) is 36.4 Å². The molecule has 0 spiro atoms. The highest BCUT2D eigenvalue weighted by Gasteiger charge is 2.50. The summed E-state index contributed by atoms with van der Waals surface area (Å²) in [6.45, 7) is 2.86. The molecule has 2 aromatic carbocycles. The highest BCUT2D eigenvalue weighted by Crippen LogP contribution is 2.25. The number of quaternary nitrogens is 1. The Morgan fingerprint density at radius 1 is 0.917 bits per heavy atom. The normalized spacial score (nSPS) is 14.3. The van der Waals surface area contributed by atoms with Crippen molar-refractivity contribution in [3.05, 3.63) is 71.8 Å². The van der Waals surface area contributed by atoms with E-state index in [1.165, 1.54) is 0 Å². The standard InChI is InChI=1S/C25H36N2O7S2/c1-20(2)15-16-27(35(3,30)31,36(4,32)33)18-24(28)23(17-21-11-7-5-8-12-21)26-25(29)34-19-22-13-9-6-10-14-22/h5-14,20,23-24,28H,15-19H2,1-4H3/p+1/t23?,24-/m0/s1. The topological polar surface area (TPSA) is 127 Å². The summed E-state index contributed by atoms with van der Waals surface area (Å²) in [5, 5.41) is 13.8. The average molecular weight is 542 g/mol. The number of sulfonamides is 2. The zero-order valence-electron chi connectivity index (χ0n) is 21.2. The number of amides is 1. The lowest BCUT2D eigenvalue weighted by Crippen LogP contribution is -2.62. The first kappa shape index (κ1) is 29.8. The molecule has 2 N–H and O–H groups in total. The smallest absolute Gasteiger partial charge is 0.407 e. The number of nitrogens with zero attached hydrogens (tertiary/aromatic N) is 1. The predicted octanol–water partition coefficient (Wildman–Crippen LogP) is 2.67. The van der Waals surface area contributed by atoms with Gasteiger partial charge >= 0.3 is 26.1 Å². The fourth-order valence-corrected chi connectivity index (χ4v) is 7.56. The van der Waals surface area contributed by atoms with Gasteiger partial charge in [-0.15, -0.1) is 3.29 Å². The number of nitrogens with one attached hydrogen (secondary N) is 1. The predicted molar refractivity (Wildman–Crippen MR) is 139 cm³/mol. The molecule has 2 atom stereocenters. The second kappa shape index (κ2) is 12.7. The van der Waals surface area contributed by atoms with E-state index in [0.29, 0.717) is 6.42 Å². The van der Waals surface area contributed by atoms with Crippen molar-refractivity contribution < 1.29 is 34.8 Å². The summed E-state index contributed by atoms with van der Waals surface area (Å²) in [6.07, 6.45) is -0.156. The molecule has 2 aromatic rings. The Morgan fingerprint density at radius 3 is 1.89 bits per heavy atom. The van der Waals surface area contributed by atoms with Gasteiger partial charge in [0.15, 0.2) is 0 Å². The number of aliphatic hydroxyl groups is 1. The number of carbonyl (C=O) groups excluding carboxylic acids is 1. The van der Waals surface area contributed by atoms with Gasteiger partial charge in [-0.2, -0.15) is 16.8 Å². The fraction of sp³-hybridized carbons (Fsp3) is 0.480. The van der Waals surface area contributed by atoms with Crippen LogP contribution in [0.4, 0.5) is 4.79 Å². The van der Waals surface area contributed by atoms with E-state index in [1.807, 2.05) is 38.1 Å². The van der Waals surface area contributed by atoms with Gasteiger partial charge in [0, 0.05) is 6.42 Å². The summed E-state index contributed by atoms with van der Waals surface area (Å²) >= 11 is 0. The zero-order valence-corrected chi connectivity index (χ0v) is 22.8. The van der Waals surface area contributed by atoms with Gasteiger partial charge in [0.1, 0.15) is 25.8 Å². The van der Waals surface area contributed by atoms with Crippen molar-refractivity contribution in [2.24, 2.45) is 5.92 Å². The van der Waals surface area contributed by atoms with Gasteiger partial charge in [-0.3, -0.25) is 0 Å². The molecule has 9 nitrogen and oxygen atoms in total. The van der Waals surface area contributed by atoms with Crippen LogP contribution < -0.4 is 5.32 Å². The maximum atomic E-state index is 12.9.